The summed E-state index contributed by atoms with van der Waals surface area (Å²) in [7, 11) is 0. The third kappa shape index (κ3) is 2.82. The Hall–Kier alpha value is -0.990. The largest absolute Gasteiger partial charge is 0.504 e. The Balaban J connectivity index is 3.29. The van der Waals surface area contributed by atoms with Gasteiger partial charge in [0.2, 0.25) is 0 Å². The summed E-state index contributed by atoms with van der Waals surface area (Å²) in [5.74, 6) is 0.402. The van der Waals surface area contributed by atoms with Crippen LogP contribution in [0.5, 0.6) is 5.75 Å². The molecule has 1 heterocycles. The van der Waals surface area contributed by atoms with Crippen LogP contribution in [0.1, 0.15) is 71.8 Å². The molecule has 98 valence electrons. The second-order valence-corrected chi connectivity index (χ2v) is 5.85. The van der Waals surface area contributed by atoms with Crippen LogP contribution in [0.4, 0.5) is 0 Å². The number of hydrogen-bond donors (Lipinski definition) is 1. The van der Waals surface area contributed by atoms with Gasteiger partial charge in [-0.25, -0.2) is 0 Å². The average Bonchev–Trinajstić information content (AvgIpc) is 2.56. The molecule has 0 aliphatic rings. The van der Waals surface area contributed by atoms with E-state index in [1.165, 1.54) is 0 Å². The molecule has 0 bridgehead atoms. The van der Waals surface area contributed by atoms with Gasteiger partial charge in [0.25, 0.3) is 0 Å². The van der Waals surface area contributed by atoms with Crippen molar-refractivity contribution in [1.29, 1.82) is 0 Å². The van der Waals surface area contributed by atoms with Gasteiger partial charge in [0.15, 0.2) is 5.75 Å². The maximum Gasteiger partial charge on any atom is 0.160 e. The summed E-state index contributed by atoms with van der Waals surface area (Å²) in [4.78, 5) is 0. The van der Waals surface area contributed by atoms with Crippen molar-refractivity contribution in [2.45, 2.75) is 72.3 Å². The summed E-state index contributed by atoms with van der Waals surface area (Å²) in [5, 5.41) is 15.0. The number of nitrogens with zero attached hydrogens (tertiary/aromatic N) is 2. The van der Waals surface area contributed by atoms with Gasteiger partial charge in [0.05, 0.1) is 5.69 Å². The maximum absolute atomic E-state index is 10.3. The molecule has 1 N–H and O–H groups in total. The molecule has 1 aromatic heterocycles. The van der Waals surface area contributed by atoms with Crippen LogP contribution in [0.2, 0.25) is 0 Å². The fourth-order valence-corrected chi connectivity index (χ4v) is 1.97. The minimum Gasteiger partial charge on any atom is -0.504 e. The lowest BCUT2D eigenvalue weighted by Crippen LogP contribution is -2.14. The molecule has 1 unspecified atom stereocenters. The minimum absolute atomic E-state index is 0.106. The second kappa shape index (κ2) is 5.11. The highest BCUT2D eigenvalue weighted by Gasteiger charge is 2.27. The molecule has 1 atom stereocenters. The Morgan fingerprint density at radius 1 is 1.29 bits per heavy atom. The zero-order valence-corrected chi connectivity index (χ0v) is 12.0. The van der Waals surface area contributed by atoms with Gasteiger partial charge >= 0.3 is 0 Å². The van der Waals surface area contributed by atoms with E-state index in [1.807, 2.05) is 4.68 Å². The van der Waals surface area contributed by atoms with E-state index in [1.54, 1.807) is 0 Å². The van der Waals surface area contributed by atoms with Crippen LogP contribution in [0.3, 0.4) is 0 Å². The fourth-order valence-electron chi connectivity index (χ4n) is 1.97. The Bertz CT molecular complexity index is 374. The molecule has 1 rings (SSSR count). The van der Waals surface area contributed by atoms with E-state index in [9.17, 15) is 5.11 Å². The third-order valence-electron chi connectivity index (χ3n) is 3.19. The summed E-state index contributed by atoms with van der Waals surface area (Å²) < 4.78 is 2.01. The Labute approximate surface area is 105 Å². The second-order valence-electron chi connectivity index (χ2n) is 5.85. The van der Waals surface area contributed by atoms with Gasteiger partial charge in [-0.3, -0.25) is 4.68 Å². The Morgan fingerprint density at radius 3 is 2.29 bits per heavy atom. The quantitative estimate of drug-likeness (QED) is 0.866. The predicted molar refractivity (Wildman–Crippen MR) is 71.6 cm³/mol. The molecule has 0 aliphatic heterocycles. The zero-order chi connectivity index (χ0) is 13.2. The van der Waals surface area contributed by atoms with Gasteiger partial charge in [-0.05, 0) is 19.8 Å². The lowest BCUT2D eigenvalue weighted by atomic mass is 9.91. The first-order valence-corrected chi connectivity index (χ1v) is 6.63. The Kier molecular flexibility index (Phi) is 4.23. The van der Waals surface area contributed by atoms with E-state index in [4.69, 9.17) is 0 Å². The van der Waals surface area contributed by atoms with E-state index in [2.05, 4.69) is 46.6 Å². The first-order valence-electron chi connectivity index (χ1n) is 6.63. The first-order chi connectivity index (χ1) is 7.82. The van der Waals surface area contributed by atoms with Gasteiger partial charge in [-0.15, -0.1) is 0 Å². The van der Waals surface area contributed by atoms with Crippen LogP contribution in [-0.4, -0.2) is 14.9 Å². The van der Waals surface area contributed by atoms with E-state index in [0.717, 1.165) is 30.7 Å². The van der Waals surface area contributed by atoms with E-state index < -0.39 is 0 Å². The minimum atomic E-state index is -0.106. The Morgan fingerprint density at radius 2 is 1.88 bits per heavy atom. The molecule has 0 amide bonds. The molecule has 3 nitrogen and oxygen atoms in total. The van der Waals surface area contributed by atoms with Crippen LogP contribution in [0, 0.1) is 0 Å². The molecule has 0 saturated heterocycles. The lowest BCUT2D eigenvalue weighted by Gasteiger charge is -2.15. The highest BCUT2D eigenvalue weighted by atomic mass is 16.3. The molecule has 0 aliphatic carbocycles. The first kappa shape index (κ1) is 14.1. The highest BCUT2D eigenvalue weighted by molar-refractivity contribution is 5.37. The summed E-state index contributed by atoms with van der Waals surface area (Å²) in [6.45, 7) is 12.7. The van der Waals surface area contributed by atoms with Gasteiger partial charge < -0.3 is 5.11 Å². The van der Waals surface area contributed by atoms with Crippen LogP contribution in [0.15, 0.2) is 0 Å². The van der Waals surface area contributed by atoms with E-state index >= 15 is 0 Å². The molecule has 1 aromatic rings. The summed E-state index contributed by atoms with van der Waals surface area (Å²) in [6, 6.07) is 0.346. The lowest BCUT2D eigenvalue weighted by molar-refractivity contribution is 0.435. The smallest absolute Gasteiger partial charge is 0.160 e. The van der Waals surface area contributed by atoms with Crippen LogP contribution >= 0.6 is 0 Å². The normalized spacial score (nSPS) is 14.0. The summed E-state index contributed by atoms with van der Waals surface area (Å²) >= 11 is 0. The molecule has 0 fully saturated rings. The van der Waals surface area contributed by atoms with Gasteiger partial charge in [-0.1, -0.05) is 41.0 Å². The molecular formula is C14H26N2O. The topological polar surface area (TPSA) is 38.1 Å². The van der Waals surface area contributed by atoms with Crippen molar-refractivity contribution in [3.63, 3.8) is 0 Å². The molecular weight excluding hydrogens is 212 g/mol. The van der Waals surface area contributed by atoms with Crippen molar-refractivity contribution in [3.8, 4) is 5.75 Å². The van der Waals surface area contributed by atoms with Crippen molar-refractivity contribution in [2.75, 3.05) is 0 Å². The SMILES string of the molecule is CCCc1c(O)c(C(C)(C)C)nn1C(C)CC. The number of hydrogen-bond acceptors (Lipinski definition) is 2. The maximum atomic E-state index is 10.3. The van der Waals surface area contributed by atoms with Gasteiger partial charge in [-0.2, -0.15) is 5.10 Å². The van der Waals surface area contributed by atoms with E-state index in [0.29, 0.717) is 11.8 Å². The monoisotopic (exact) mass is 238 g/mol. The standard InChI is InChI=1S/C14H26N2O/c1-7-9-11-12(17)13(14(4,5)6)15-16(11)10(3)8-2/h10,17H,7-9H2,1-6H3. The number of rotatable bonds is 4. The van der Waals surface area contributed by atoms with Crippen LogP contribution in [0.25, 0.3) is 0 Å². The number of aromatic nitrogens is 2. The molecule has 0 saturated carbocycles. The van der Waals surface area contributed by atoms with Crippen molar-refractivity contribution in [3.05, 3.63) is 11.4 Å². The predicted octanol–water partition coefficient (Wildman–Crippen LogP) is 3.81. The molecule has 0 spiro atoms. The molecule has 3 heteroatoms. The summed E-state index contributed by atoms with van der Waals surface area (Å²) in [6.07, 6.45) is 2.94. The molecule has 17 heavy (non-hydrogen) atoms. The van der Waals surface area contributed by atoms with E-state index in [-0.39, 0.29) is 5.41 Å². The fraction of sp³-hybridized carbons (Fsp3) is 0.786. The van der Waals surface area contributed by atoms with Crippen molar-refractivity contribution < 1.29 is 5.11 Å². The van der Waals surface area contributed by atoms with Gasteiger partial charge in [0.1, 0.15) is 5.69 Å². The molecule has 0 radical (unpaired) electrons. The van der Waals surface area contributed by atoms with Gasteiger partial charge in [0, 0.05) is 11.5 Å². The highest BCUT2D eigenvalue weighted by Crippen LogP contribution is 2.34. The van der Waals surface area contributed by atoms with Crippen LogP contribution in [-0.2, 0) is 11.8 Å². The zero-order valence-electron chi connectivity index (χ0n) is 12.0. The van der Waals surface area contributed by atoms with Crippen molar-refractivity contribution in [1.82, 2.24) is 9.78 Å². The van der Waals surface area contributed by atoms with Crippen molar-refractivity contribution in [2.24, 2.45) is 0 Å². The number of aromatic hydroxyl groups is 1. The van der Waals surface area contributed by atoms with Crippen LogP contribution < -0.4 is 0 Å². The van der Waals surface area contributed by atoms with Crippen molar-refractivity contribution >= 4 is 0 Å². The average molecular weight is 238 g/mol. The third-order valence-corrected chi connectivity index (χ3v) is 3.19. The summed E-state index contributed by atoms with van der Waals surface area (Å²) in [5.41, 5.74) is 1.71. The molecule has 0 aromatic carbocycles.